The van der Waals surface area contributed by atoms with E-state index in [1.165, 1.54) is 12.3 Å². The average Bonchev–Trinajstić information content (AvgIpc) is 2.81. The van der Waals surface area contributed by atoms with Crippen LogP contribution in [0, 0.1) is 6.92 Å². The van der Waals surface area contributed by atoms with Gasteiger partial charge in [0, 0.05) is 17.1 Å². The first-order valence-corrected chi connectivity index (χ1v) is 7.77. The Morgan fingerprint density at radius 3 is 2.79 bits per heavy atom. The number of sulfonamides is 1. The van der Waals surface area contributed by atoms with Gasteiger partial charge in [0.2, 0.25) is 0 Å². The summed E-state index contributed by atoms with van der Waals surface area (Å²) in [5.74, 6) is 0. The van der Waals surface area contributed by atoms with E-state index in [2.05, 4.69) is 14.3 Å². The molecule has 0 saturated heterocycles. The Morgan fingerprint density at radius 2 is 2.21 bits per heavy atom. The number of rotatable bonds is 4. The first-order chi connectivity index (χ1) is 8.90. The van der Waals surface area contributed by atoms with Crippen LogP contribution >= 0.6 is 23.8 Å². The molecule has 0 fully saturated rings. The number of nitrogens with zero attached hydrogens (tertiary/aromatic N) is 2. The van der Waals surface area contributed by atoms with Gasteiger partial charge in [-0.3, -0.25) is 4.72 Å². The Morgan fingerprint density at radius 1 is 1.47 bits per heavy atom. The second-order valence-electron chi connectivity index (χ2n) is 3.73. The highest BCUT2D eigenvalue weighted by Crippen LogP contribution is 2.21. The maximum Gasteiger partial charge on any atom is 0.262 e. The van der Waals surface area contributed by atoms with E-state index in [0.29, 0.717) is 16.1 Å². The molecule has 0 aliphatic rings. The quantitative estimate of drug-likeness (QED) is 0.825. The SMILES string of the molecule is Cc1ccc(C(N)=S)cc1S(=O)(=O)Nc1cnns1. The van der Waals surface area contributed by atoms with Crippen molar-refractivity contribution in [3.05, 3.63) is 35.5 Å². The van der Waals surface area contributed by atoms with Gasteiger partial charge in [-0.2, -0.15) is 0 Å². The maximum absolute atomic E-state index is 12.3. The third kappa shape index (κ3) is 3.06. The minimum Gasteiger partial charge on any atom is -0.389 e. The van der Waals surface area contributed by atoms with Gasteiger partial charge in [-0.1, -0.05) is 28.8 Å². The van der Waals surface area contributed by atoms with E-state index in [-0.39, 0.29) is 9.88 Å². The summed E-state index contributed by atoms with van der Waals surface area (Å²) in [4.78, 5) is 0.280. The van der Waals surface area contributed by atoms with Crippen LogP contribution in [0.3, 0.4) is 0 Å². The van der Waals surface area contributed by atoms with Crippen molar-refractivity contribution in [1.82, 2.24) is 9.59 Å². The monoisotopic (exact) mass is 314 g/mol. The van der Waals surface area contributed by atoms with Crippen LogP contribution in [-0.4, -0.2) is 23.0 Å². The molecule has 0 unspecified atom stereocenters. The maximum atomic E-state index is 12.3. The Hall–Kier alpha value is -1.58. The first-order valence-electron chi connectivity index (χ1n) is 5.11. The predicted octanol–water partition coefficient (Wildman–Crippen LogP) is 1.28. The van der Waals surface area contributed by atoms with Crippen molar-refractivity contribution in [2.45, 2.75) is 11.8 Å². The highest BCUT2D eigenvalue weighted by Gasteiger charge is 2.19. The number of hydrogen-bond acceptors (Lipinski definition) is 6. The Balaban J connectivity index is 2.45. The fraction of sp³-hybridized carbons (Fsp3) is 0.100. The molecule has 6 nitrogen and oxygen atoms in total. The molecule has 0 aliphatic carbocycles. The minimum atomic E-state index is -3.70. The molecular formula is C10H10N4O2S3. The van der Waals surface area contributed by atoms with Crippen molar-refractivity contribution in [3.63, 3.8) is 0 Å². The molecule has 0 saturated carbocycles. The van der Waals surface area contributed by atoms with E-state index in [1.807, 2.05) is 0 Å². The lowest BCUT2D eigenvalue weighted by molar-refractivity contribution is 0.600. The van der Waals surface area contributed by atoms with Gasteiger partial charge in [0.15, 0.2) is 0 Å². The van der Waals surface area contributed by atoms with Crippen LogP contribution in [0.15, 0.2) is 29.3 Å². The van der Waals surface area contributed by atoms with Crippen LogP contribution in [0.5, 0.6) is 0 Å². The minimum absolute atomic E-state index is 0.131. The number of benzene rings is 1. The highest BCUT2D eigenvalue weighted by molar-refractivity contribution is 7.93. The molecule has 1 heterocycles. The lowest BCUT2D eigenvalue weighted by atomic mass is 10.1. The summed E-state index contributed by atoms with van der Waals surface area (Å²) < 4.78 is 30.5. The number of anilines is 1. The number of hydrogen-bond donors (Lipinski definition) is 2. The van der Waals surface area contributed by atoms with Crippen LogP contribution in [-0.2, 0) is 10.0 Å². The average molecular weight is 314 g/mol. The lowest BCUT2D eigenvalue weighted by Crippen LogP contribution is -2.16. The third-order valence-corrected chi connectivity index (χ3v) is 4.81. The fourth-order valence-electron chi connectivity index (χ4n) is 1.44. The highest BCUT2D eigenvalue weighted by atomic mass is 32.2. The molecule has 0 atom stereocenters. The van der Waals surface area contributed by atoms with Crippen molar-refractivity contribution >= 4 is 43.8 Å². The van der Waals surface area contributed by atoms with Crippen LogP contribution in [0.1, 0.15) is 11.1 Å². The van der Waals surface area contributed by atoms with Gasteiger partial charge in [0.05, 0.1) is 11.1 Å². The van der Waals surface area contributed by atoms with Gasteiger partial charge in [0.25, 0.3) is 10.0 Å². The van der Waals surface area contributed by atoms with E-state index in [0.717, 1.165) is 11.5 Å². The van der Waals surface area contributed by atoms with E-state index in [1.54, 1.807) is 19.1 Å². The second kappa shape index (κ2) is 5.19. The van der Waals surface area contributed by atoms with Crippen LogP contribution < -0.4 is 10.5 Å². The zero-order valence-corrected chi connectivity index (χ0v) is 12.3. The molecule has 0 spiro atoms. The Labute approximate surface area is 119 Å². The molecule has 1 aromatic carbocycles. The normalized spacial score (nSPS) is 11.2. The molecule has 3 N–H and O–H groups in total. The van der Waals surface area contributed by atoms with Crippen molar-refractivity contribution < 1.29 is 8.42 Å². The summed E-state index contributed by atoms with van der Waals surface area (Å²) in [5.41, 5.74) is 6.62. The molecule has 9 heteroatoms. The van der Waals surface area contributed by atoms with E-state index in [4.69, 9.17) is 18.0 Å². The second-order valence-corrected chi connectivity index (χ2v) is 6.61. The van der Waals surface area contributed by atoms with Gasteiger partial charge >= 0.3 is 0 Å². The summed E-state index contributed by atoms with van der Waals surface area (Å²) in [6.07, 6.45) is 1.34. The summed E-state index contributed by atoms with van der Waals surface area (Å²) in [7, 11) is -3.70. The van der Waals surface area contributed by atoms with E-state index >= 15 is 0 Å². The summed E-state index contributed by atoms with van der Waals surface area (Å²) in [5, 5.41) is 3.92. The lowest BCUT2D eigenvalue weighted by Gasteiger charge is -2.09. The van der Waals surface area contributed by atoms with Crippen LogP contribution in [0.4, 0.5) is 5.00 Å². The summed E-state index contributed by atoms with van der Waals surface area (Å²) in [6, 6.07) is 4.80. The molecule has 0 radical (unpaired) electrons. The zero-order chi connectivity index (χ0) is 14.0. The Kier molecular flexibility index (Phi) is 3.78. The number of aryl methyl sites for hydroxylation is 1. The van der Waals surface area contributed by atoms with Gasteiger partial charge in [0.1, 0.15) is 9.99 Å². The van der Waals surface area contributed by atoms with Crippen molar-refractivity contribution in [2.75, 3.05) is 4.72 Å². The van der Waals surface area contributed by atoms with E-state index in [9.17, 15) is 8.42 Å². The van der Waals surface area contributed by atoms with Crippen LogP contribution in [0.25, 0.3) is 0 Å². The summed E-state index contributed by atoms with van der Waals surface area (Å²) in [6.45, 7) is 1.70. The molecule has 100 valence electrons. The summed E-state index contributed by atoms with van der Waals surface area (Å²) >= 11 is 5.81. The molecule has 2 rings (SSSR count). The van der Waals surface area contributed by atoms with Crippen molar-refractivity contribution in [3.8, 4) is 0 Å². The van der Waals surface area contributed by atoms with Gasteiger partial charge in [-0.25, -0.2) is 8.42 Å². The largest absolute Gasteiger partial charge is 0.389 e. The fourth-order valence-corrected chi connectivity index (χ4v) is 3.53. The molecule has 19 heavy (non-hydrogen) atoms. The molecule has 0 bridgehead atoms. The van der Waals surface area contributed by atoms with E-state index < -0.39 is 10.0 Å². The first kappa shape index (κ1) is 13.8. The molecule has 1 aromatic heterocycles. The molecular weight excluding hydrogens is 304 g/mol. The number of nitrogens with one attached hydrogen (secondary N) is 1. The smallest absolute Gasteiger partial charge is 0.262 e. The number of aromatic nitrogens is 2. The molecule has 0 aliphatic heterocycles. The topological polar surface area (TPSA) is 98.0 Å². The molecule has 2 aromatic rings. The molecule has 0 amide bonds. The van der Waals surface area contributed by atoms with Gasteiger partial charge in [-0.05, 0) is 18.6 Å². The van der Waals surface area contributed by atoms with Gasteiger partial charge < -0.3 is 5.73 Å². The number of nitrogens with two attached hydrogens (primary N) is 1. The third-order valence-electron chi connectivity index (χ3n) is 2.36. The standard InChI is InChI=1S/C10H10N4O2S3/c1-6-2-3-7(10(11)17)4-8(6)19(15,16)13-9-5-12-14-18-9/h2-5,13H,1H3,(H2,11,17). The van der Waals surface area contributed by atoms with Crippen LogP contribution in [0.2, 0.25) is 0 Å². The van der Waals surface area contributed by atoms with Crippen molar-refractivity contribution in [1.29, 1.82) is 0 Å². The van der Waals surface area contributed by atoms with Crippen molar-refractivity contribution in [2.24, 2.45) is 5.73 Å². The predicted molar refractivity (Wildman–Crippen MR) is 77.8 cm³/mol. The Bertz CT molecular complexity index is 710. The zero-order valence-electron chi connectivity index (χ0n) is 9.82. The van der Waals surface area contributed by atoms with Gasteiger partial charge in [-0.15, -0.1) is 5.10 Å². The number of thiocarbonyl (C=S) groups is 1.